The number of nitrogens with zero attached hydrogens (tertiary/aromatic N) is 1. The van der Waals surface area contributed by atoms with Crippen LogP contribution in [0.2, 0.25) is 0 Å². The molecule has 0 aromatic rings. The van der Waals surface area contributed by atoms with E-state index in [1.54, 1.807) is 0 Å². The van der Waals surface area contributed by atoms with Crippen LogP contribution in [0.1, 0.15) is 39.0 Å². The largest absolute Gasteiger partial charge is 0.392 e. The third-order valence-corrected chi connectivity index (χ3v) is 4.33. The molecule has 2 fully saturated rings. The van der Waals surface area contributed by atoms with Gasteiger partial charge in [0.15, 0.2) is 0 Å². The third-order valence-electron chi connectivity index (χ3n) is 3.94. The lowest BCUT2D eigenvalue weighted by molar-refractivity contribution is -0.134. The molecule has 1 unspecified atom stereocenters. The average molecular weight is 240 g/mol. The monoisotopic (exact) mass is 240 g/mol. The van der Waals surface area contributed by atoms with Crippen molar-refractivity contribution in [1.82, 2.24) is 4.90 Å². The van der Waals surface area contributed by atoms with Crippen molar-refractivity contribution in [3.63, 3.8) is 0 Å². The van der Waals surface area contributed by atoms with E-state index < -0.39 is 5.41 Å². The normalized spacial score (nSPS) is 28.3. The predicted octanol–water partition coefficient (Wildman–Crippen LogP) is 1.70. The van der Waals surface area contributed by atoms with Crippen molar-refractivity contribution in [2.24, 2.45) is 17.1 Å². The quantitative estimate of drug-likeness (QED) is 0.747. The Kier molecular flexibility index (Phi) is 3.19. The lowest BCUT2D eigenvalue weighted by Gasteiger charge is -2.25. The van der Waals surface area contributed by atoms with E-state index in [1.165, 1.54) is 6.42 Å². The minimum atomic E-state index is -0.455. The lowest BCUT2D eigenvalue weighted by atomic mass is 10.0. The molecule has 4 heteroatoms. The number of carbonyl (C=O) groups is 1. The fraction of sp³-hybridized carbons (Fsp3) is 0.833. The summed E-state index contributed by atoms with van der Waals surface area (Å²) in [5, 5.41) is 0. The van der Waals surface area contributed by atoms with Gasteiger partial charge in [-0.3, -0.25) is 4.79 Å². The summed E-state index contributed by atoms with van der Waals surface area (Å²) in [5.74, 6) is 0.923. The van der Waals surface area contributed by atoms with Gasteiger partial charge in [-0.1, -0.05) is 19.1 Å². The Morgan fingerprint density at radius 1 is 1.38 bits per heavy atom. The summed E-state index contributed by atoms with van der Waals surface area (Å²) < 4.78 is 0. The molecule has 2 aliphatic rings. The molecule has 0 bridgehead atoms. The van der Waals surface area contributed by atoms with Crippen LogP contribution >= 0.6 is 12.2 Å². The SMILES string of the molecule is CC1CCCN(C(=O)C2(C(N)=S)CC2)CC1. The summed E-state index contributed by atoms with van der Waals surface area (Å²) in [6.45, 7) is 4.02. The van der Waals surface area contributed by atoms with Gasteiger partial charge in [0, 0.05) is 13.1 Å². The minimum Gasteiger partial charge on any atom is -0.392 e. The van der Waals surface area contributed by atoms with Crippen molar-refractivity contribution in [3.8, 4) is 0 Å². The molecular formula is C12H20N2OS. The molecule has 1 aliphatic heterocycles. The predicted molar refractivity (Wildman–Crippen MR) is 68.0 cm³/mol. The van der Waals surface area contributed by atoms with Gasteiger partial charge < -0.3 is 10.6 Å². The van der Waals surface area contributed by atoms with Gasteiger partial charge in [-0.2, -0.15) is 0 Å². The zero-order chi connectivity index (χ0) is 11.8. The minimum absolute atomic E-state index is 0.189. The van der Waals surface area contributed by atoms with Gasteiger partial charge in [-0.25, -0.2) is 0 Å². The standard InChI is InChI=1S/C12H20N2OS/c1-9-3-2-7-14(8-4-9)11(15)12(5-6-12)10(13)16/h9H,2-8H2,1H3,(H2,13,16). The maximum Gasteiger partial charge on any atom is 0.235 e. The topological polar surface area (TPSA) is 46.3 Å². The summed E-state index contributed by atoms with van der Waals surface area (Å²) in [6, 6.07) is 0. The number of rotatable bonds is 2. The highest BCUT2D eigenvalue weighted by atomic mass is 32.1. The van der Waals surface area contributed by atoms with Crippen LogP contribution in [0, 0.1) is 11.3 Å². The highest BCUT2D eigenvalue weighted by Gasteiger charge is 2.54. The van der Waals surface area contributed by atoms with Crippen molar-refractivity contribution < 1.29 is 4.79 Å². The van der Waals surface area contributed by atoms with E-state index in [0.717, 1.165) is 44.7 Å². The van der Waals surface area contributed by atoms with E-state index in [2.05, 4.69) is 6.92 Å². The highest BCUT2D eigenvalue weighted by molar-refractivity contribution is 7.80. The van der Waals surface area contributed by atoms with E-state index in [1.807, 2.05) is 4.90 Å². The van der Waals surface area contributed by atoms with Crippen molar-refractivity contribution in [2.75, 3.05) is 13.1 Å². The van der Waals surface area contributed by atoms with Crippen molar-refractivity contribution in [1.29, 1.82) is 0 Å². The van der Waals surface area contributed by atoms with Crippen LogP contribution in [0.3, 0.4) is 0 Å². The second kappa shape index (κ2) is 4.32. The van der Waals surface area contributed by atoms with E-state index in [-0.39, 0.29) is 5.91 Å². The molecule has 1 aliphatic carbocycles. The van der Waals surface area contributed by atoms with Crippen LogP contribution in [0.15, 0.2) is 0 Å². The Hall–Kier alpha value is -0.640. The maximum atomic E-state index is 12.3. The zero-order valence-corrected chi connectivity index (χ0v) is 10.7. The summed E-state index contributed by atoms with van der Waals surface area (Å²) in [7, 11) is 0. The average Bonchev–Trinajstić information content (AvgIpc) is 3.01. The van der Waals surface area contributed by atoms with Crippen molar-refractivity contribution in [2.45, 2.75) is 39.0 Å². The molecule has 3 nitrogen and oxygen atoms in total. The van der Waals surface area contributed by atoms with Gasteiger partial charge in [0.2, 0.25) is 5.91 Å². The number of amides is 1. The van der Waals surface area contributed by atoms with Crippen LogP contribution in [0.4, 0.5) is 0 Å². The molecule has 0 aromatic carbocycles. The van der Waals surface area contributed by atoms with Crippen molar-refractivity contribution >= 4 is 23.1 Å². The molecule has 90 valence electrons. The molecule has 0 aromatic heterocycles. The molecule has 1 saturated carbocycles. The first kappa shape index (κ1) is 11.8. The van der Waals surface area contributed by atoms with Gasteiger partial charge in [-0.15, -0.1) is 0 Å². The maximum absolute atomic E-state index is 12.3. The molecule has 1 heterocycles. The Bertz CT molecular complexity index is 312. The van der Waals surface area contributed by atoms with Crippen LogP contribution in [-0.4, -0.2) is 28.9 Å². The van der Waals surface area contributed by atoms with E-state index in [4.69, 9.17) is 18.0 Å². The van der Waals surface area contributed by atoms with Crippen LogP contribution in [0.5, 0.6) is 0 Å². The molecule has 1 atom stereocenters. The van der Waals surface area contributed by atoms with Crippen molar-refractivity contribution in [3.05, 3.63) is 0 Å². The van der Waals surface area contributed by atoms with Crippen LogP contribution < -0.4 is 5.73 Å². The van der Waals surface area contributed by atoms with Crippen LogP contribution in [0.25, 0.3) is 0 Å². The number of carbonyl (C=O) groups excluding carboxylic acids is 1. The summed E-state index contributed by atoms with van der Waals surface area (Å²) in [5.41, 5.74) is 5.24. The molecular weight excluding hydrogens is 220 g/mol. The van der Waals surface area contributed by atoms with Gasteiger partial charge in [0.25, 0.3) is 0 Å². The zero-order valence-electron chi connectivity index (χ0n) is 9.87. The molecule has 16 heavy (non-hydrogen) atoms. The Morgan fingerprint density at radius 2 is 2.06 bits per heavy atom. The van der Waals surface area contributed by atoms with Gasteiger partial charge >= 0.3 is 0 Å². The first-order valence-electron chi connectivity index (χ1n) is 6.15. The first-order chi connectivity index (χ1) is 7.56. The number of thiocarbonyl (C=S) groups is 1. The van der Waals surface area contributed by atoms with Gasteiger partial charge in [0.05, 0.1) is 10.4 Å². The fourth-order valence-electron chi connectivity index (χ4n) is 2.46. The van der Waals surface area contributed by atoms with E-state index in [0.29, 0.717) is 4.99 Å². The number of nitrogens with two attached hydrogens (primary N) is 1. The summed E-state index contributed by atoms with van der Waals surface area (Å²) in [6.07, 6.45) is 5.16. The summed E-state index contributed by atoms with van der Waals surface area (Å²) >= 11 is 5.03. The smallest absolute Gasteiger partial charge is 0.235 e. The highest BCUT2D eigenvalue weighted by Crippen LogP contribution is 2.47. The molecule has 1 saturated heterocycles. The molecule has 2 rings (SSSR count). The lowest BCUT2D eigenvalue weighted by Crippen LogP contribution is -2.43. The molecule has 0 radical (unpaired) electrons. The Balaban J connectivity index is 2.02. The summed E-state index contributed by atoms with van der Waals surface area (Å²) in [4.78, 5) is 14.7. The Labute approximate surface area is 102 Å². The molecule has 2 N–H and O–H groups in total. The van der Waals surface area contributed by atoms with E-state index >= 15 is 0 Å². The second-order valence-electron chi connectivity index (χ2n) is 5.27. The second-order valence-corrected chi connectivity index (χ2v) is 5.71. The van der Waals surface area contributed by atoms with Crippen LogP contribution in [-0.2, 0) is 4.79 Å². The molecule has 0 spiro atoms. The first-order valence-corrected chi connectivity index (χ1v) is 6.56. The third kappa shape index (κ3) is 2.08. The number of hydrogen-bond acceptors (Lipinski definition) is 2. The van der Waals surface area contributed by atoms with E-state index in [9.17, 15) is 4.79 Å². The number of hydrogen-bond donors (Lipinski definition) is 1. The van der Waals surface area contributed by atoms with Gasteiger partial charge in [-0.05, 0) is 38.0 Å². The fourth-order valence-corrected chi connectivity index (χ4v) is 2.75. The Morgan fingerprint density at radius 3 is 2.62 bits per heavy atom. The van der Waals surface area contributed by atoms with Gasteiger partial charge in [0.1, 0.15) is 0 Å². The molecule has 1 amide bonds. The number of likely N-dealkylation sites (tertiary alicyclic amines) is 1.